The van der Waals surface area contributed by atoms with Gasteiger partial charge in [-0.25, -0.2) is 4.79 Å². The summed E-state index contributed by atoms with van der Waals surface area (Å²) >= 11 is 0.741. The Morgan fingerprint density at radius 3 is 2.15 bits per heavy atom. The zero-order valence-electron chi connectivity index (χ0n) is 16.3. The molecule has 1 rings (SSSR count). The lowest BCUT2D eigenvalue weighted by atomic mass is 9.98. The van der Waals surface area contributed by atoms with E-state index in [1.165, 1.54) is 0 Å². The lowest BCUT2D eigenvalue weighted by molar-refractivity contribution is -0.160. The second-order valence-corrected chi connectivity index (χ2v) is 9.06. The van der Waals surface area contributed by atoms with E-state index in [1.54, 1.807) is 34.6 Å². The zero-order valence-corrected chi connectivity index (χ0v) is 17.1. The van der Waals surface area contributed by atoms with Crippen LogP contribution in [0, 0.1) is 5.41 Å². The maximum atomic E-state index is 12.2. The second kappa shape index (κ2) is 9.75. The van der Waals surface area contributed by atoms with Crippen molar-refractivity contribution in [1.29, 1.82) is 0 Å². The van der Waals surface area contributed by atoms with Crippen LogP contribution in [-0.2, 0) is 30.4 Å². The number of carbonyl (C=O) groups excluding carboxylic acids is 3. The molecule has 8 heteroatoms. The van der Waals surface area contributed by atoms with E-state index in [4.69, 9.17) is 19.9 Å². The predicted molar refractivity (Wildman–Crippen MR) is 103 cm³/mol. The molecule has 0 saturated carbocycles. The van der Waals surface area contributed by atoms with Crippen LogP contribution in [0.25, 0.3) is 0 Å². The lowest BCUT2D eigenvalue weighted by Crippen LogP contribution is -2.48. The summed E-state index contributed by atoms with van der Waals surface area (Å²) in [7, 11) is 0. The highest BCUT2D eigenvalue weighted by atomic mass is 32.2. The fourth-order valence-electron chi connectivity index (χ4n) is 1.76. The summed E-state index contributed by atoms with van der Waals surface area (Å²) < 4.78 is 14.0. The first-order chi connectivity index (χ1) is 12.4. The summed E-state index contributed by atoms with van der Waals surface area (Å²) in [5, 5.41) is -0.701. The standard InChI is InChI=1S/C19H27NO6S/c1-18(2,3)16(22)25-12-26-17(23)27-19(4,5)14(20)15(21)24-11-13-9-7-6-8-10-13/h6-10,14H,11-12,20H2,1-5H3/t14-/m0/s1. The molecule has 0 heterocycles. The van der Waals surface area contributed by atoms with Crippen LogP contribution in [-0.4, -0.2) is 34.8 Å². The number of hydrogen-bond acceptors (Lipinski definition) is 8. The number of benzene rings is 1. The Labute approximate surface area is 163 Å². The summed E-state index contributed by atoms with van der Waals surface area (Å²) in [4.78, 5) is 35.7. The quantitative estimate of drug-likeness (QED) is 0.552. The molecule has 0 aliphatic carbocycles. The SMILES string of the molecule is CC(C)(C)C(=O)OCOC(=O)SC(C)(C)[C@@H](N)C(=O)OCc1ccccc1. The van der Waals surface area contributed by atoms with E-state index in [-0.39, 0.29) is 6.61 Å². The Hall–Kier alpha value is -2.06. The van der Waals surface area contributed by atoms with Crippen molar-refractivity contribution in [1.82, 2.24) is 0 Å². The van der Waals surface area contributed by atoms with Gasteiger partial charge in [-0.05, 0) is 51.9 Å². The normalized spacial score (nSPS) is 12.8. The Balaban J connectivity index is 2.46. The van der Waals surface area contributed by atoms with Gasteiger partial charge < -0.3 is 19.9 Å². The molecule has 0 aromatic heterocycles. The van der Waals surface area contributed by atoms with Crippen molar-refractivity contribution in [3.05, 3.63) is 35.9 Å². The molecule has 0 amide bonds. The summed E-state index contributed by atoms with van der Waals surface area (Å²) in [6.45, 7) is 7.94. The molecule has 0 fully saturated rings. The topological polar surface area (TPSA) is 105 Å². The highest BCUT2D eigenvalue weighted by Crippen LogP contribution is 2.30. The molecule has 0 aliphatic heterocycles. The molecule has 2 N–H and O–H groups in total. The molecule has 150 valence electrons. The third-order valence-electron chi connectivity index (χ3n) is 3.55. The summed E-state index contributed by atoms with van der Waals surface area (Å²) in [5.74, 6) is -1.11. The number of hydrogen-bond donors (Lipinski definition) is 1. The van der Waals surface area contributed by atoms with E-state index in [9.17, 15) is 14.4 Å². The minimum atomic E-state index is -1.05. The van der Waals surface area contributed by atoms with E-state index < -0.39 is 40.2 Å². The molecule has 27 heavy (non-hydrogen) atoms. The Kier molecular flexibility index (Phi) is 8.30. The first-order valence-corrected chi connectivity index (χ1v) is 9.24. The van der Waals surface area contributed by atoms with Crippen molar-refractivity contribution in [2.45, 2.75) is 52.0 Å². The van der Waals surface area contributed by atoms with Crippen LogP contribution in [0.3, 0.4) is 0 Å². The average Bonchev–Trinajstić information content (AvgIpc) is 2.58. The number of carbonyl (C=O) groups is 3. The van der Waals surface area contributed by atoms with Gasteiger partial charge in [-0.3, -0.25) is 9.59 Å². The van der Waals surface area contributed by atoms with E-state index >= 15 is 0 Å². The predicted octanol–water partition coefficient (Wildman–Crippen LogP) is 3.25. The van der Waals surface area contributed by atoms with Crippen LogP contribution in [0.1, 0.15) is 40.2 Å². The van der Waals surface area contributed by atoms with Gasteiger partial charge in [0.25, 0.3) is 0 Å². The molecule has 1 aromatic carbocycles. The first kappa shape index (κ1) is 23.0. The van der Waals surface area contributed by atoms with Crippen LogP contribution in [0.2, 0.25) is 0 Å². The number of esters is 2. The van der Waals surface area contributed by atoms with Gasteiger partial charge in [0.05, 0.1) is 5.41 Å². The Morgan fingerprint density at radius 1 is 1.00 bits per heavy atom. The molecular formula is C19H27NO6S. The zero-order chi connectivity index (χ0) is 20.7. The molecule has 0 aliphatic rings. The highest BCUT2D eigenvalue weighted by Gasteiger charge is 2.37. The summed E-state index contributed by atoms with van der Waals surface area (Å²) in [6.07, 6.45) is 0. The molecule has 0 bridgehead atoms. The number of rotatable bonds is 7. The van der Waals surface area contributed by atoms with E-state index in [0.29, 0.717) is 0 Å². The third-order valence-corrected chi connectivity index (χ3v) is 4.62. The fraction of sp³-hybridized carbons (Fsp3) is 0.526. The average molecular weight is 397 g/mol. The van der Waals surface area contributed by atoms with Crippen molar-refractivity contribution >= 4 is 29.0 Å². The van der Waals surface area contributed by atoms with Crippen molar-refractivity contribution in [3.8, 4) is 0 Å². The van der Waals surface area contributed by atoms with Gasteiger partial charge in [0.1, 0.15) is 12.6 Å². The van der Waals surface area contributed by atoms with Gasteiger partial charge in [-0.2, -0.15) is 0 Å². The molecule has 1 aromatic rings. The molecule has 0 radical (unpaired) electrons. The second-order valence-electron chi connectivity index (χ2n) is 7.47. The monoisotopic (exact) mass is 397 g/mol. The van der Waals surface area contributed by atoms with Crippen molar-refractivity contribution in [3.63, 3.8) is 0 Å². The van der Waals surface area contributed by atoms with Gasteiger partial charge in [0.15, 0.2) is 0 Å². The van der Waals surface area contributed by atoms with Crippen LogP contribution < -0.4 is 5.73 Å². The van der Waals surface area contributed by atoms with Crippen molar-refractivity contribution in [2.75, 3.05) is 6.79 Å². The molecular weight excluding hydrogens is 370 g/mol. The summed E-state index contributed by atoms with van der Waals surface area (Å²) in [6, 6.07) is 8.15. The first-order valence-electron chi connectivity index (χ1n) is 8.42. The highest BCUT2D eigenvalue weighted by molar-refractivity contribution is 8.14. The molecule has 0 saturated heterocycles. The van der Waals surface area contributed by atoms with E-state index in [1.807, 2.05) is 30.3 Å². The van der Waals surface area contributed by atoms with E-state index in [2.05, 4.69) is 0 Å². The number of ether oxygens (including phenoxy) is 3. The summed E-state index contributed by atoms with van der Waals surface area (Å²) in [5.41, 5.74) is 6.10. The van der Waals surface area contributed by atoms with Gasteiger partial charge in [0.2, 0.25) is 6.79 Å². The molecule has 0 unspecified atom stereocenters. The molecule has 0 spiro atoms. The minimum absolute atomic E-state index is 0.0985. The number of thioether (sulfide) groups is 1. The minimum Gasteiger partial charge on any atom is -0.460 e. The van der Waals surface area contributed by atoms with E-state index in [0.717, 1.165) is 17.3 Å². The van der Waals surface area contributed by atoms with Crippen LogP contribution >= 0.6 is 11.8 Å². The maximum absolute atomic E-state index is 12.2. The number of nitrogens with two attached hydrogens (primary N) is 1. The fourth-order valence-corrected chi connectivity index (χ4v) is 2.52. The Morgan fingerprint density at radius 2 is 1.59 bits per heavy atom. The van der Waals surface area contributed by atoms with Gasteiger partial charge in [0, 0.05) is 4.75 Å². The largest absolute Gasteiger partial charge is 0.460 e. The van der Waals surface area contributed by atoms with Crippen molar-refractivity contribution in [2.24, 2.45) is 11.1 Å². The maximum Gasteiger partial charge on any atom is 0.370 e. The van der Waals surface area contributed by atoms with Crippen LogP contribution in [0.15, 0.2) is 30.3 Å². The van der Waals surface area contributed by atoms with Gasteiger partial charge >= 0.3 is 17.2 Å². The van der Waals surface area contributed by atoms with Crippen LogP contribution in [0.5, 0.6) is 0 Å². The third kappa shape index (κ3) is 8.01. The smallest absolute Gasteiger partial charge is 0.370 e. The molecule has 1 atom stereocenters. The van der Waals surface area contributed by atoms with Crippen molar-refractivity contribution < 1.29 is 28.6 Å². The van der Waals surface area contributed by atoms with Gasteiger partial charge in [-0.15, -0.1) is 0 Å². The Bertz CT molecular complexity index is 654. The lowest BCUT2D eigenvalue weighted by Gasteiger charge is -2.28. The van der Waals surface area contributed by atoms with Gasteiger partial charge in [-0.1, -0.05) is 30.3 Å². The molecule has 7 nitrogen and oxygen atoms in total. The van der Waals surface area contributed by atoms with Crippen LogP contribution in [0.4, 0.5) is 4.79 Å².